The number of nitrogens with zero attached hydrogens (tertiary/aromatic N) is 2. The van der Waals surface area contributed by atoms with Crippen molar-refractivity contribution < 1.29 is 9.18 Å². The van der Waals surface area contributed by atoms with Crippen LogP contribution in [-0.4, -0.2) is 15.5 Å². The number of carbonyl (C=O) groups excluding carboxylic acids is 1. The summed E-state index contributed by atoms with van der Waals surface area (Å²) in [6, 6.07) is 5.92. The van der Waals surface area contributed by atoms with Crippen molar-refractivity contribution in [2.75, 3.05) is 0 Å². The first-order valence-corrected chi connectivity index (χ1v) is 6.76. The maximum atomic E-state index is 13.1. The van der Waals surface area contributed by atoms with E-state index >= 15 is 0 Å². The molecule has 0 saturated heterocycles. The van der Waals surface area contributed by atoms with E-state index in [1.807, 2.05) is 13.8 Å². The van der Waals surface area contributed by atoms with Crippen LogP contribution >= 0.6 is 11.5 Å². The number of benzene rings is 1. The smallest absolute Gasteiger partial charge is 0.265 e. The molecule has 0 radical (unpaired) electrons. The van der Waals surface area contributed by atoms with Gasteiger partial charge in [-0.25, -0.2) is 4.39 Å². The quantitative estimate of drug-likeness (QED) is 0.936. The van der Waals surface area contributed by atoms with Crippen molar-refractivity contribution >= 4 is 17.4 Å². The predicted octanol–water partition coefficient (Wildman–Crippen LogP) is 2.73. The zero-order valence-corrected chi connectivity index (χ0v) is 11.5. The van der Waals surface area contributed by atoms with Gasteiger partial charge in [-0.1, -0.05) is 23.5 Å². The molecule has 0 saturated carbocycles. The topological polar surface area (TPSA) is 54.9 Å². The van der Waals surface area contributed by atoms with Gasteiger partial charge in [0.05, 0.1) is 11.7 Å². The minimum atomic E-state index is -0.313. The van der Waals surface area contributed by atoms with Crippen LogP contribution in [0, 0.1) is 5.82 Å². The molecule has 2 aromatic rings. The van der Waals surface area contributed by atoms with E-state index in [-0.39, 0.29) is 17.8 Å². The van der Waals surface area contributed by atoms with Crippen LogP contribution in [0.1, 0.15) is 40.8 Å². The number of rotatable bonds is 4. The lowest BCUT2D eigenvalue weighted by molar-refractivity contribution is 0.0943. The molecule has 0 aliphatic heterocycles. The van der Waals surface area contributed by atoms with Crippen LogP contribution in [0.15, 0.2) is 24.3 Å². The zero-order valence-electron chi connectivity index (χ0n) is 10.7. The largest absolute Gasteiger partial charge is 0.345 e. The van der Waals surface area contributed by atoms with Crippen LogP contribution in [0.5, 0.6) is 0 Å². The molecule has 0 aliphatic rings. The summed E-state index contributed by atoms with van der Waals surface area (Å²) < 4.78 is 16.9. The number of hydrogen-bond donors (Lipinski definition) is 1. The molecule has 6 heteroatoms. The second-order valence-electron chi connectivity index (χ2n) is 4.15. The summed E-state index contributed by atoms with van der Waals surface area (Å²) in [4.78, 5) is 12.6. The number of amides is 1. The molecule has 0 spiro atoms. The third-order valence-corrected chi connectivity index (χ3v) is 3.56. The monoisotopic (exact) mass is 279 g/mol. The molecule has 2 rings (SSSR count). The lowest BCUT2D eigenvalue weighted by Crippen LogP contribution is -2.26. The standard InChI is InChI=1S/C13H14FN3OS/c1-3-11-12(19-17-16-11)13(18)15-8(2)9-5-4-6-10(14)7-9/h4-8H,3H2,1-2H3,(H,15,18). The molecule has 1 aromatic heterocycles. The molecule has 1 aromatic carbocycles. The second kappa shape index (κ2) is 5.88. The van der Waals surface area contributed by atoms with Gasteiger partial charge in [-0.3, -0.25) is 4.79 Å². The molecular weight excluding hydrogens is 265 g/mol. The van der Waals surface area contributed by atoms with Gasteiger partial charge in [-0.2, -0.15) is 0 Å². The Labute approximate surface area is 114 Å². The van der Waals surface area contributed by atoms with Gasteiger partial charge in [0.1, 0.15) is 10.7 Å². The highest BCUT2D eigenvalue weighted by Crippen LogP contribution is 2.16. The highest BCUT2D eigenvalue weighted by molar-refractivity contribution is 7.08. The fourth-order valence-corrected chi connectivity index (χ4v) is 2.39. The van der Waals surface area contributed by atoms with Gasteiger partial charge in [-0.15, -0.1) is 5.10 Å². The lowest BCUT2D eigenvalue weighted by Gasteiger charge is -2.13. The Hall–Kier alpha value is -1.82. The van der Waals surface area contributed by atoms with Crippen molar-refractivity contribution in [2.24, 2.45) is 0 Å². The van der Waals surface area contributed by atoms with Gasteiger partial charge in [0, 0.05) is 0 Å². The Morgan fingerprint density at radius 2 is 2.32 bits per heavy atom. The minimum Gasteiger partial charge on any atom is -0.345 e. The fraction of sp³-hybridized carbons (Fsp3) is 0.308. The summed E-state index contributed by atoms with van der Waals surface area (Å²) in [6.07, 6.45) is 0.660. The van der Waals surface area contributed by atoms with E-state index in [1.54, 1.807) is 12.1 Å². The number of carbonyl (C=O) groups is 1. The first-order chi connectivity index (χ1) is 9.11. The normalized spacial score (nSPS) is 12.2. The van der Waals surface area contributed by atoms with Gasteiger partial charge < -0.3 is 5.32 Å². The highest BCUT2D eigenvalue weighted by atomic mass is 32.1. The third-order valence-electron chi connectivity index (χ3n) is 2.79. The van der Waals surface area contributed by atoms with Gasteiger partial charge in [0.2, 0.25) is 0 Å². The first-order valence-electron chi connectivity index (χ1n) is 5.99. The Balaban J connectivity index is 2.11. The van der Waals surface area contributed by atoms with E-state index in [4.69, 9.17) is 0 Å². The number of halogens is 1. The van der Waals surface area contributed by atoms with Crippen LogP contribution in [0.4, 0.5) is 4.39 Å². The molecule has 1 N–H and O–H groups in total. The SMILES string of the molecule is CCc1nnsc1C(=O)NC(C)c1cccc(F)c1. The summed E-state index contributed by atoms with van der Waals surface area (Å²) in [6.45, 7) is 3.73. The van der Waals surface area contributed by atoms with E-state index in [9.17, 15) is 9.18 Å². The average Bonchev–Trinajstić information content (AvgIpc) is 2.87. The van der Waals surface area contributed by atoms with E-state index in [2.05, 4.69) is 14.9 Å². The Morgan fingerprint density at radius 1 is 1.53 bits per heavy atom. The number of nitrogens with one attached hydrogen (secondary N) is 1. The van der Waals surface area contributed by atoms with Crippen LogP contribution in [0.25, 0.3) is 0 Å². The number of aryl methyl sites for hydroxylation is 1. The maximum Gasteiger partial charge on any atom is 0.265 e. The fourth-order valence-electron chi connectivity index (χ4n) is 1.73. The van der Waals surface area contributed by atoms with Gasteiger partial charge in [0.15, 0.2) is 0 Å². The molecule has 0 bridgehead atoms. The molecule has 1 unspecified atom stereocenters. The van der Waals surface area contributed by atoms with Crippen LogP contribution < -0.4 is 5.32 Å². The molecule has 1 atom stereocenters. The second-order valence-corrected chi connectivity index (χ2v) is 4.91. The van der Waals surface area contributed by atoms with Crippen molar-refractivity contribution in [3.63, 3.8) is 0 Å². The summed E-state index contributed by atoms with van der Waals surface area (Å²) in [5, 5.41) is 6.72. The van der Waals surface area contributed by atoms with Crippen molar-refractivity contribution in [3.05, 3.63) is 46.2 Å². The maximum absolute atomic E-state index is 13.1. The molecule has 100 valence electrons. The van der Waals surface area contributed by atoms with Gasteiger partial charge in [0.25, 0.3) is 5.91 Å². The Bertz CT molecular complexity index is 585. The number of hydrogen-bond acceptors (Lipinski definition) is 4. The van der Waals surface area contributed by atoms with Crippen LogP contribution in [0.3, 0.4) is 0 Å². The summed E-state index contributed by atoms with van der Waals surface area (Å²) >= 11 is 1.08. The third kappa shape index (κ3) is 3.14. The zero-order chi connectivity index (χ0) is 13.8. The van der Waals surface area contributed by atoms with Crippen molar-refractivity contribution in [2.45, 2.75) is 26.3 Å². The molecule has 1 amide bonds. The summed E-state index contributed by atoms with van der Waals surface area (Å²) in [7, 11) is 0. The van der Waals surface area contributed by atoms with E-state index in [0.717, 1.165) is 17.1 Å². The van der Waals surface area contributed by atoms with Gasteiger partial charge in [-0.05, 0) is 42.6 Å². The molecule has 0 fully saturated rings. The molecule has 1 heterocycles. The van der Waals surface area contributed by atoms with Crippen LogP contribution in [-0.2, 0) is 6.42 Å². The van der Waals surface area contributed by atoms with Crippen molar-refractivity contribution in [1.82, 2.24) is 14.9 Å². The van der Waals surface area contributed by atoms with Gasteiger partial charge >= 0.3 is 0 Å². The van der Waals surface area contributed by atoms with Crippen molar-refractivity contribution in [3.8, 4) is 0 Å². The average molecular weight is 279 g/mol. The molecule has 4 nitrogen and oxygen atoms in total. The summed E-state index contributed by atoms with van der Waals surface area (Å²) in [5.74, 6) is -0.532. The van der Waals surface area contributed by atoms with Crippen LogP contribution in [0.2, 0.25) is 0 Å². The Morgan fingerprint density at radius 3 is 3.00 bits per heavy atom. The number of aromatic nitrogens is 2. The lowest BCUT2D eigenvalue weighted by atomic mass is 10.1. The molecular formula is C13H14FN3OS. The van der Waals surface area contributed by atoms with E-state index < -0.39 is 0 Å². The highest BCUT2D eigenvalue weighted by Gasteiger charge is 2.17. The predicted molar refractivity (Wildman–Crippen MR) is 71.6 cm³/mol. The van der Waals surface area contributed by atoms with E-state index in [1.165, 1.54) is 12.1 Å². The molecule has 0 aliphatic carbocycles. The minimum absolute atomic E-state index is 0.219. The molecule has 19 heavy (non-hydrogen) atoms. The van der Waals surface area contributed by atoms with Crippen molar-refractivity contribution in [1.29, 1.82) is 0 Å². The Kier molecular flexibility index (Phi) is 4.21. The van der Waals surface area contributed by atoms with E-state index in [0.29, 0.717) is 17.0 Å². The summed E-state index contributed by atoms with van der Waals surface area (Å²) in [5.41, 5.74) is 1.41. The first kappa shape index (κ1) is 13.6.